The van der Waals surface area contributed by atoms with Gasteiger partial charge in [0.25, 0.3) is 0 Å². The van der Waals surface area contributed by atoms with Crippen LogP contribution in [0.25, 0.3) is 0 Å². The number of aromatic nitrogens is 2. The minimum Gasteiger partial charge on any atom is -0.478 e. The highest BCUT2D eigenvalue weighted by atomic mass is 16.5. The van der Waals surface area contributed by atoms with Crippen molar-refractivity contribution in [2.45, 2.75) is 38.4 Å². The van der Waals surface area contributed by atoms with Gasteiger partial charge in [0.05, 0.1) is 12.7 Å². The molecule has 1 aromatic heterocycles. The van der Waals surface area contributed by atoms with Crippen molar-refractivity contribution in [2.75, 3.05) is 25.1 Å². The van der Waals surface area contributed by atoms with E-state index in [0.29, 0.717) is 38.0 Å². The molecular weight excluding hydrogens is 246 g/mol. The average molecular weight is 267 g/mol. The van der Waals surface area contributed by atoms with Crippen LogP contribution in [0.15, 0.2) is 12.3 Å². The summed E-state index contributed by atoms with van der Waals surface area (Å²) in [5.74, 6) is 1.00. The van der Waals surface area contributed by atoms with E-state index in [9.17, 15) is 5.11 Å². The molecule has 2 N–H and O–H groups in total. The Morgan fingerprint density at radius 2 is 2.47 bits per heavy atom. The van der Waals surface area contributed by atoms with Gasteiger partial charge in [-0.3, -0.25) is 0 Å². The zero-order valence-electron chi connectivity index (χ0n) is 11.4. The standard InChI is InChI=1S/C13H21N3O3/c1-3-7-19-11-4-6-14-12(16-11)15-9-13(17)5-8-18-10(13)2/h4,6,10,17H,3,5,7-9H2,1-2H3,(H,14,15,16). The second-order valence-corrected chi connectivity index (χ2v) is 4.79. The van der Waals surface area contributed by atoms with Crippen molar-refractivity contribution in [1.82, 2.24) is 9.97 Å². The maximum absolute atomic E-state index is 10.4. The number of nitrogens with one attached hydrogen (secondary N) is 1. The molecule has 0 saturated carbocycles. The molecule has 19 heavy (non-hydrogen) atoms. The number of rotatable bonds is 6. The molecule has 1 saturated heterocycles. The minimum absolute atomic E-state index is 0.181. The first-order valence-corrected chi connectivity index (χ1v) is 6.68. The van der Waals surface area contributed by atoms with E-state index < -0.39 is 5.60 Å². The Hall–Kier alpha value is -1.40. The van der Waals surface area contributed by atoms with E-state index in [0.717, 1.165) is 6.42 Å². The zero-order valence-corrected chi connectivity index (χ0v) is 11.4. The predicted octanol–water partition coefficient (Wildman–Crippen LogP) is 1.22. The van der Waals surface area contributed by atoms with E-state index in [-0.39, 0.29) is 6.10 Å². The molecule has 0 bridgehead atoms. The third kappa shape index (κ3) is 3.54. The van der Waals surface area contributed by atoms with Crippen LogP contribution in [0.2, 0.25) is 0 Å². The molecule has 0 radical (unpaired) electrons. The van der Waals surface area contributed by atoms with Crippen LogP contribution in [-0.2, 0) is 4.74 Å². The van der Waals surface area contributed by atoms with Gasteiger partial charge >= 0.3 is 0 Å². The Kier molecular flexibility index (Phi) is 4.55. The first-order valence-electron chi connectivity index (χ1n) is 6.68. The minimum atomic E-state index is -0.857. The first kappa shape index (κ1) is 14.0. The molecule has 2 rings (SSSR count). The van der Waals surface area contributed by atoms with Gasteiger partial charge in [0.2, 0.25) is 11.8 Å². The highest BCUT2D eigenvalue weighted by molar-refractivity contribution is 5.28. The maximum Gasteiger partial charge on any atom is 0.226 e. The van der Waals surface area contributed by atoms with Crippen LogP contribution in [0.5, 0.6) is 5.88 Å². The summed E-state index contributed by atoms with van der Waals surface area (Å²) in [5, 5.41) is 13.4. The van der Waals surface area contributed by atoms with Crippen molar-refractivity contribution >= 4 is 5.95 Å². The summed E-state index contributed by atoms with van der Waals surface area (Å²) in [6, 6.07) is 1.72. The smallest absolute Gasteiger partial charge is 0.226 e. The van der Waals surface area contributed by atoms with Gasteiger partial charge in [-0.15, -0.1) is 0 Å². The Bertz CT molecular complexity index is 416. The normalized spacial score (nSPS) is 26.4. The molecular formula is C13H21N3O3. The van der Waals surface area contributed by atoms with E-state index in [1.54, 1.807) is 12.3 Å². The molecule has 2 heterocycles. The fourth-order valence-electron chi connectivity index (χ4n) is 1.95. The number of anilines is 1. The first-order chi connectivity index (χ1) is 9.14. The molecule has 1 aliphatic rings. The number of hydrogen-bond donors (Lipinski definition) is 2. The summed E-state index contributed by atoms with van der Waals surface area (Å²) < 4.78 is 10.8. The summed E-state index contributed by atoms with van der Waals surface area (Å²) in [6.07, 6.45) is 3.01. The number of nitrogens with zero attached hydrogens (tertiary/aromatic N) is 2. The lowest BCUT2D eigenvalue weighted by molar-refractivity contribution is -0.0177. The molecule has 2 atom stereocenters. The summed E-state index contributed by atoms with van der Waals surface area (Å²) in [4.78, 5) is 8.34. The Morgan fingerprint density at radius 1 is 1.63 bits per heavy atom. The fourth-order valence-corrected chi connectivity index (χ4v) is 1.95. The quantitative estimate of drug-likeness (QED) is 0.807. The van der Waals surface area contributed by atoms with Gasteiger partial charge < -0.3 is 19.9 Å². The zero-order chi connectivity index (χ0) is 13.7. The third-order valence-electron chi connectivity index (χ3n) is 3.30. The van der Waals surface area contributed by atoms with Crippen LogP contribution in [0.1, 0.15) is 26.7 Å². The van der Waals surface area contributed by atoms with Gasteiger partial charge in [0.15, 0.2) is 0 Å². The van der Waals surface area contributed by atoms with Crippen LogP contribution in [-0.4, -0.2) is 46.5 Å². The molecule has 1 fully saturated rings. The van der Waals surface area contributed by atoms with Crippen molar-refractivity contribution in [3.05, 3.63) is 12.3 Å². The SMILES string of the molecule is CCCOc1ccnc(NCC2(O)CCOC2C)n1. The number of hydrogen-bond acceptors (Lipinski definition) is 6. The van der Waals surface area contributed by atoms with Gasteiger partial charge in [-0.2, -0.15) is 4.98 Å². The molecule has 1 aromatic rings. The summed E-state index contributed by atoms with van der Waals surface area (Å²) in [5.41, 5.74) is -0.857. The summed E-state index contributed by atoms with van der Waals surface area (Å²) >= 11 is 0. The van der Waals surface area contributed by atoms with E-state index in [1.807, 2.05) is 13.8 Å². The lowest BCUT2D eigenvalue weighted by Gasteiger charge is -2.26. The van der Waals surface area contributed by atoms with Crippen molar-refractivity contribution in [2.24, 2.45) is 0 Å². The Labute approximate surface area is 113 Å². The van der Waals surface area contributed by atoms with Crippen molar-refractivity contribution in [3.8, 4) is 5.88 Å². The van der Waals surface area contributed by atoms with Crippen LogP contribution in [0.3, 0.4) is 0 Å². The van der Waals surface area contributed by atoms with E-state index in [1.165, 1.54) is 0 Å². The van der Waals surface area contributed by atoms with E-state index in [2.05, 4.69) is 15.3 Å². The topological polar surface area (TPSA) is 76.5 Å². The number of ether oxygens (including phenoxy) is 2. The molecule has 0 aromatic carbocycles. The van der Waals surface area contributed by atoms with Crippen molar-refractivity contribution in [1.29, 1.82) is 0 Å². The van der Waals surface area contributed by atoms with E-state index >= 15 is 0 Å². The van der Waals surface area contributed by atoms with Crippen LogP contribution < -0.4 is 10.1 Å². The summed E-state index contributed by atoms with van der Waals surface area (Å²) in [7, 11) is 0. The van der Waals surface area contributed by atoms with Gasteiger partial charge in [-0.1, -0.05) is 6.92 Å². The second-order valence-electron chi connectivity index (χ2n) is 4.79. The van der Waals surface area contributed by atoms with Gasteiger partial charge in [0, 0.05) is 31.8 Å². The van der Waals surface area contributed by atoms with Crippen LogP contribution >= 0.6 is 0 Å². The number of aliphatic hydroxyl groups is 1. The Balaban J connectivity index is 1.92. The molecule has 2 unspecified atom stereocenters. The van der Waals surface area contributed by atoms with Gasteiger partial charge in [0.1, 0.15) is 5.60 Å². The maximum atomic E-state index is 10.4. The van der Waals surface area contributed by atoms with E-state index in [4.69, 9.17) is 9.47 Å². The van der Waals surface area contributed by atoms with Gasteiger partial charge in [-0.05, 0) is 13.3 Å². The lowest BCUT2D eigenvalue weighted by atomic mass is 9.97. The third-order valence-corrected chi connectivity index (χ3v) is 3.30. The molecule has 0 amide bonds. The van der Waals surface area contributed by atoms with Crippen LogP contribution in [0, 0.1) is 0 Å². The van der Waals surface area contributed by atoms with Gasteiger partial charge in [-0.25, -0.2) is 4.98 Å². The highest BCUT2D eigenvalue weighted by Crippen LogP contribution is 2.25. The Morgan fingerprint density at radius 3 is 3.16 bits per heavy atom. The fraction of sp³-hybridized carbons (Fsp3) is 0.692. The second kappa shape index (κ2) is 6.16. The van der Waals surface area contributed by atoms with Crippen LogP contribution in [0.4, 0.5) is 5.95 Å². The monoisotopic (exact) mass is 267 g/mol. The lowest BCUT2D eigenvalue weighted by Crippen LogP contribution is -2.43. The van der Waals surface area contributed by atoms with Crippen molar-refractivity contribution < 1.29 is 14.6 Å². The average Bonchev–Trinajstić information content (AvgIpc) is 2.75. The molecule has 0 aliphatic carbocycles. The molecule has 106 valence electrons. The highest BCUT2D eigenvalue weighted by Gasteiger charge is 2.39. The largest absolute Gasteiger partial charge is 0.478 e. The molecule has 0 spiro atoms. The molecule has 6 nitrogen and oxygen atoms in total. The molecule has 6 heteroatoms. The summed E-state index contributed by atoms with van der Waals surface area (Å²) in [6.45, 7) is 5.49. The predicted molar refractivity (Wildman–Crippen MR) is 71.3 cm³/mol. The molecule has 1 aliphatic heterocycles. The van der Waals surface area contributed by atoms with Crippen molar-refractivity contribution in [3.63, 3.8) is 0 Å².